The van der Waals surface area contributed by atoms with Gasteiger partial charge >= 0.3 is 37.4 Å². The van der Waals surface area contributed by atoms with Gasteiger partial charge in [-0.1, -0.05) is 0 Å². The van der Waals surface area contributed by atoms with Crippen LogP contribution in [-0.4, -0.2) is 25.6 Å². The molecule has 0 aliphatic carbocycles. The van der Waals surface area contributed by atoms with Gasteiger partial charge in [-0.05, 0) is 0 Å². The van der Waals surface area contributed by atoms with Gasteiger partial charge in [0.25, 0.3) is 0 Å². The van der Waals surface area contributed by atoms with Gasteiger partial charge in [-0.2, -0.15) is 0 Å². The molecular weight excluding hydrogens is 185 g/mol. The van der Waals surface area contributed by atoms with E-state index in [4.69, 9.17) is 19.2 Å². The van der Waals surface area contributed by atoms with Crippen molar-refractivity contribution in [3.05, 3.63) is 0 Å². The zero-order valence-electron chi connectivity index (χ0n) is 5.61. The van der Waals surface area contributed by atoms with Crippen molar-refractivity contribution in [1.29, 1.82) is 0 Å². The van der Waals surface area contributed by atoms with Crippen LogP contribution < -0.4 is 29.6 Å². The predicted octanol–water partition coefficient (Wildman–Crippen LogP) is -5.04. The van der Waals surface area contributed by atoms with E-state index < -0.39 is 7.82 Å². The Bertz CT molecular complexity index is 63.9. The summed E-state index contributed by atoms with van der Waals surface area (Å²) in [4.78, 5) is 21.6. The second kappa shape index (κ2) is 12.0. The molecule has 0 rings (SSSR count). The molecule has 0 heterocycles. The summed E-state index contributed by atoms with van der Waals surface area (Å²) in [5.41, 5.74) is 0. The molecule has 0 aromatic rings. The molecule has 6 nitrogen and oxygen atoms in total. The van der Waals surface area contributed by atoms with Crippen LogP contribution in [0.15, 0.2) is 0 Å². The van der Waals surface area contributed by atoms with Gasteiger partial charge < -0.3 is 27.1 Å². The third kappa shape index (κ3) is 287. The minimum absolute atomic E-state index is 0. The van der Waals surface area contributed by atoms with Crippen molar-refractivity contribution in [2.75, 3.05) is 0 Å². The van der Waals surface area contributed by atoms with Gasteiger partial charge in [0.05, 0.1) is 0 Å². The molecule has 9 heavy (non-hydrogen) atoms. The first-order valence-electron chi connectivity index (χ1n) is 0.783. The maximum Gasteiger partial charge on any atom is 1.00 e. The summed E-state index contributed by atoms with van der Waals surface area (Å²) in [6.45, 7) is 0. The van der Waals surface area contributed by atoms with Crippen LogP contribution in [0.4, 0.5) is 0 Å². The molecule has 0 bridgehead atoms. The maximum atomic E-state index is 8.88. The Kier molecular flexibility index (Phi) is 42.4. The number of hydrogen-bond acceptors (Lipinski definition) is 1. The minimum Gasteiger partial charge on any atom is -1.00 e. The van der Waals surface area contributed by atoms with Gasteiger partial charge in [0.15, 0.2) is 0 Å². The monoisotopic (exact) mass is 194 g/mol. The van der Waals surface area contributed by atoms with E-state index >= 15 is 0 Å². The summed E-state index contributed by atoms with van der Waals surface area (Å²) in [5.74, 6) is 0. The van der Waals surface area contributed by atoms with Crippen molar-refractivity contribution in [2.24, 2.45) is 0 Å². The molecule has 0 radical (unpaired) electrons. The van der Waals surface area contributed by atoms with E-state index in [2.05, 4.69) is 0 Å². The van der Waals surface area contributed by atoms with Crippen LogP contribution in [0.2, 0.25) is 0 Å². The van der Waals surface area contributed by atoms with E-state index in [0.29, 0.717) is 0 Å². The smallest absolute Gasteiger partial charge is 1.00 e. The van der Waals surface area contributed by atoms with Gasteiger partial charge in [-0.15, -0.1) is 12.4 Å². The summed E-state index contributed by atoms with van der Waals surface area (Å²) in [6.07, 6.45) is 0. The standard InChI is InChI=1S/ClH.Na.H3O4P.2H2O.H/c;;1-5(2,3)4;;;/h1H;;(H3,1,2,3,4);2*1H2;/q;+1;;;;-1. The Balaban J connectivity index is -0.00000000800. The number of hydrogen-bond donors (Lipinski definition) is 3. The van der Waals surface area contributed by atoms with Gasteiger partial charge in [0.1, 0.15) is 0 Å². The average Bonchev–Trinajstić information content (AvgIpc) is 0.722. The first-order valence-corrected chi connectivity index (χ1v) is 2.35. The summed E-state index contributed by atoms with van der Waals surface area (Å²) in [5, 5.41) is 0. The molecule has 0 saturated heterocycles. The van der Waals surface area contributed by atoms with E-state index in [1.807, 2.05) is 0 Å². The van der Waals surface area contributed by atoms with Gasteiger partial charge in [-0.25, -0.2) is 4.57 Å². The molecule has 0 spiro atoms. The average molecular weight is 194 g/mol. The molecule has 58 valence electrons. The minimum atomic E-state index is -4.64. The first kappa shape index (κ1) is 31.7. The Morgan fingerprint density at radius 2 is 1.11 bits per heavy atom. The zero-order valence-corrected chi connectivity index (χ0v) is 8.32. The van der Waals surface area contributed by atoms with Crippen molar-refractivity contribution in [2.45, 2.75) is 0 Å². The molecule has 0 atom stereocenters. The van der Waals surface area contributed by atoms with Crippen LogP contribution in [0.1, 0.15) is 1.43 Å². The maximum absolute atomic E-state index is 8.88. The molecule has 9 heteroatoms. The molecule has 0 saturated carbocycles. The normalized spacial score (nSPS) is 6.56. The third-order valence-electron chi connectivity index (χ3n) is 0. The number of halogens is 1. The Morgan fingerprint density at radius 3 is 1.11 bits per heavy atom. The Hall–Kier alpha value is 1.32. The quantitative estimate of drug-likeness (QED) is 0.262. The first-order chi connectivity index (χ1) is 2.00. The molecule has 0 aromatic carbocycles. The van der Waals surface area contributed by atoms with Crippen molar-refractivity contribution >= 4 is 20.2 Å². The van der Waals surface area contributed by atoms with Crippen molar-refractivity contribution in [1.82, 2.24) is 0 Å². The molecular formula is H9ClNaO6P. The SMILES string of the molecule is Cl.O.O.O=P(O)(O)O.[H-].[Na+]. The van der Waals surface area contributed by atoms with Crippen molar-refractivity contribution in [3.8, 4) is 0 Å². The fourth-order valence-electron chi connectivity index (χ4n) is 0. The van der Waals surface area contributed by atoms with Gasteiger partial charge in [-0.3, -0.25) is 0 Å². The van der Waals surface area contributed by atoms with Crippen LogP contribution in [0.3, 0.4) is 0 Å². The van der Waals surface area contributed by atoms with E-state index in [9.17, 15) is 0 Å². The summed E-state index contributed by atoms with van der Waals surface area (Å²) in [7, 11) is -4.64. The van der Waals surface area contributed by atoms with E-state index in [0.717, 1.165) is 0 Å². The third-order valence-corrected chi connectivity index (χ3v) is 0. The van der Waals surface area contributed by atoms with Crippen LogP contribution in [0.5, 0.6) is 0 Å². The largest absolute Gasteiger partial charge is 1.00 e. The van der Waals surface area contributed by atoms with E-state index in [-0.39, 0.29) is 54.3 Å². The molecule has 0 unspecified atom stereocenters. The Morgan fingerprint density at radius 1 is 1.11 bits per heavy atom. The van der Waals surface area contributed by atoms with Crippen LogP contribution in [-0.2, 0) is 4.57 Å². The topological polar surface area (TPSA) is 141 Å². The van der Waals surface area contributed by atoms with Gasteiger partial charge in [0, 0.05) is 0 Å². The Labute approximate surface area is 81.3 Å². The second-order valence-corrected chi connectivity index (χ2v) is 1.54. The molecule has 0 aliphatic heterocycles. The van der Waals surface area contributed by atoms with Crippen LogP contribution in [0.25, 0.3) is 0 Å². The zero-order chi connectivity index (χ0) is 4.50. The molecule has 7 N–H and O–H groups in total. The van der Waals surface area contributed by atoms with Crippen molar-refractivity contribution < 1.29 is 61.2 Å². The second-order valence-electron chi connectivity index (χ2n) is 0.513. The fraction of sp³-hybridized carbons (Fsp3) is 0. The van der Waals surface area contributed by atoms with Crippen LogP contribution in [0, 0.1) is 0 Å². The molecule has 0 aliphatic rings. The number of rotatable bonds is 0. The summed E-state index contributed by atoms with van der Waals surface area (Å²) in [6, 6.07) is 0. The van der Waals surface area contributed by atoms with E-state index in [1.165, 1.54) is 0 Å². The van der Waals surface area contributed by atoms with Gasteiger partial charge in [0.2, 0.25) is 0 Å². The molecule has 0 fully saturated rings. The fourth-order valence-corrected chi connectivity index (χ4v) is 0. The molecule has 0 amide bonds. The summed E-state index contributed by atoms with van der Waals surface area (Å²) >= 11 is 0. The van der Waals surface area contributed by atoms with Crippen molar-refractivity contribution in [3.63, 3.8) is 0 Å². The summed E-state index contributed by atoms with van der Waals surface area (Å²) < 4.78 is 8.88. The van der Waals surface area contributed by atoms with Crippen LogP contribution >= 0.6 is 20.2 Å². The molecule has 0 aromatic heterocycles. The predicted molar refractivity (Wildman–Crippen MR) is 29.9 cm³/mol. The number of phosphoric acid groups is 1. The van der Waals surface area contributed by atoms with E-state index in [1.54, 1.807) is 0 Å².